The number of carbonyl (C=O) groups excluding carboxylic acids is 1. The summed E-state index contributed by atoms with van der Waals surface area (Å²) in [6.45, 7) is 12.3. The van der Waals surface area contributed by atoms with Crippen LogP contribution in [-0.2, 0) is 4.79 Å². The van der Waals surface area contributed by atoms with Crippen LogP contribution in [0.5, 0.6) is 0 Å². The van der Waals surface area contributed by atoms with Gasteiger partial charge in [0.15, 0.2) is 0 Å². The first-order chi connectivity index (χ1) is 11.4. The Morgan fingerprint density at radius 3 is 2.62 bits per heavy atom. The number of pyridine rings is 1. The van der Waals surface area contributed by atoms with Crippen LogP contribution in [0, 0.1) is 16.7 Å². The van der Waals surface area contributed by atoms with Crippen LogP contribution in [0.2, 0.25) is 0 Å². The standard InChI is InChI=1S/C20H27N3O/c1-15-19(2,3)16-6-7-20(15,13-16)18(24)23-11-9-22(10-12-23)17-5-4-8-21-14-17/h4-5,8,14,16H,1,6-7,9-13H2,2-3H3. The Morgan fingerprint density at radius 1 is 1.29 bits per heavy atom. The second-order valence-corrected chi connectivity index (χ2v) is 8.21. The molecule has 4 heteroatoms. The van der Waals surface area contributed by atoms with Gasteiger partial charge in [-0.25, -0.2) is 0 Å². The average Bonchev–Trinajstić information content (AvgIpc) is 3.14. The lowest BCUT2D eigenvalue weighted by molar-refractivity contribution is -0.140. The first-order valence-corrected chi connectivity index (χ1v) is 9.09. The highest BCUT2D eigenvalue weighted by Gasteiger charge is 2.61. The summed E-state index contributed by atoms with van der Waals surface area (Å²) in [4.78, 5) is 22.0. The molecule has 0 radical (unpaired) electrons. The Kier molecular flexibility index (Phi) is 3.48. The summed E-state index contributed by atoms with van der Waals surface area (Å²) in [5.74, 6) is 0.969. The molecule has 2 unspecified atom stereocenters. The van der Waals surface area contributed by atoms with E-state index in [4.69, 9.17) is 0 Å². The van der Waals surface area contributed by atoms with E-state index in [0.717, 1.165) is 44.7 Å². The summed E-state index contributed by atoms with van der Waals surface area (Å²) >= 11 is 0. The highest BCUT2D eigenvalue weighted by molar-refractivity contribution is 5.88. The molecule has 2 heterocycles. The van der Waals surface area contributed by atoms with Gasteiger partial charge in [0.25, 0.3) is 0 Å². The molecule has 1 aliphatic heterocycles. The molecule has 0 N–H and O–H groups in total. The predicted octanol–water partition coefficient (Wildman–Crippen LogP) is 3.11. The van der Waals surface area contributed by atoms with E-state index in [1.54, 1.807) is 6.20 Å². The first kappa shape index (κ1) is 15.7. The number of carbonyl (C=O) groups is 1. The van der Waals surface area contributed by atoms with Crippen LogP contribution in [0.4, 0.5) is 5.69 Å². The summed E-state index contributed by atoms with van der Waals surface area (Å²) in [7, 11) is 0. The average molecular weight is 325 g/mol. The molecule has 2 saturated carbocycles. The van der Waals surface area contributed by atoms with Gasteiger partial charge >= 0.3 is 0 Å². The zero-order valence-corrected chi connectivity index (χ0v) is 14.8. The molecule has 128 valence electrons. The van der Waals surface area contributed by atoms with Crippen molar-refractivity contribution in [2.24, 2.45) is 16.7 Å². The molecule has 24 heavy (non-hydrogen) atoms. The molecule has 1 saturated heterocycles. The van der Waals surface area contributed by atoms with Crippen molar-refractivity contribution in [2.75, 3.05) is 31.1 Å². The molecule has 0 aromatic carbocycles. The molecule has 3 fully saturated rings. The number of hydrogen-bond acceptors (Lipinski definition) is 3. The molecule has 1 amide bonds. The van der Waals surface area contributed by atoms with Gasteiger partial charge in [-0.3, -0.25) is 9.78 Å². The summed E-state index contributed by atoms with van der Waals surface area (Å²) in [5.41, 5.74) is 2.18. The Labute approximate surface area is 144 Å². The smallest absolute Gasteiger partial charge is 0.233 e. The summed E-state index contributed by atoms with van der Waals surface area (Å²) in [6, 6.07) is 4.06. The Morgan fingerprint density at radius 2 is 2.04 bits per heavy atom. The van der Waals surface area contributed by atoms with Gasteiger partial charge in [0.05, 0.1) is 17.3 Å². The minimum absolute atomic E-state index is 0.117. The zero-order valence-electron chi connectivity index (χ0n) is 14.8. The molecular weight excluding hydrogens is 298 g/mol. The minimum Gasteiger partial charge on any atom is -0.367 e. The fourth-order valence-corrected chi connectivity index (χ4v) is 5.13. The molecule has 4 rings (SSSR count). The maximum absolute atomic E-state index is 13.4. The van der Waals surface area contributed by atoms with Gasteiger partial charge in [-0.2, -0.15) is 0 Å². The lowest BCUT2D eigenvalue weighted by Gasteiger charge is -2.42. The van der Waals surface area contributed by atoms with E-state index in [1.807, 2.05) is 12.3 Å². The van der Waals surface area contributed by atoms with Crippen molar-refractivity contribution in [1.29, 1.82) is 0 Å². The number of amides is 1. The summed E-state index contributed by atoms with van der Waals surface area (Å²) in [5, 5.41) is 0. The molecule has 1 aromatic rings. The molecule has 2 bridgehead atoms. The van der Waals surface area contributed by atoms with Crippen molar-refractivity contribution in [3.8, 4) is 0 Å². The number of fused-ring (bicyclic) bond motifs is 2. The lowest BCUT2D eigenvalue weighted by atomic mass is 9.68. The quantitative estimate of drug-likeness (QED) is 0.784. The molecule has 3 aliphatic rings. The molecule has 0 spiro atoms. The van der Waals surface area contributed by atoms with Gasteiger partial charge in [-0.05, 0) is 42.7 Å². The molecule has 2 aliphatic carbocycles. The van der Waals surface area contributed by atoms with Crippen LogP contribution in [-0.4, -0.2) is 42.0 Å². The maximum Gasteiger partial charge on any atom is 0.233 e. The van der Waals surface area contributed by atoms with Gasteiger partial charge < -0.3 is 9.80 Å². The number of nitrogens with zero attached hydrogens (tertiary/aromatic N) is 3. The topological polar surface area (TPSA) is 36.4 Å². The van der Waals surface area contributed by atoms with Crippen molar-refractivity contribution in [3.05, 3.63) is 36.7 Å². The Balaban J connectivity index is 1.47. The van der Waals surface area contributed by atoms with Gasteiger partial charge in [-0.1, -0.05) is 26.0 Å². The maximum atomic E-state index is 13.4. The number of hydrogen-bond donors (Lipinski definition) is 0. The van der Waals surface area contributed by atoms with Crippen LogP contribution >= 0.6 is 0 Å². The third kappa shape index (κ3) is 2.11. The van der Waals surface area contributed by atoms with Crippen molar-refractivity contribution >= 4 is 11.6 Å². The SMILES string of the molecule is C=C1C2(C(=O)N3CCN(c4cccnc4)CC3)CCC(C2)C1(C)C. The first-order valence-electron chi connectivity index (χ1n) is 9.09. The predicted molar refractivity (Wildman–Crippen MR) is 95.7 cm³/mol. The van der Waals surface area contributed by atoms with Crippen LogP contribution in [0.1, 0.15) is 33.1 Å². The van der Waals surface area contributed by atoms with Crippen molar-refractivity contribution in [3.63, 3.8) is 0 Å². The van der Waals surface area contributed by atoms with E-state index in [2.05, 4.69) is 41.3 Å². The third-order valence-corrected chi connectivity index (χ3v) is 6.88. The second kappa shape index (κ2) is 5.33. The van der Waals surface area contributed by atoms with Crippen LogP contribution in [0.3, 0.4) is 0 Å². The van der Waals surface area contributed by atoms with Gasteiger partial charge in [0.1, 0.15) is 0 Å². The van der Waals surface area contributed by atoms with E-state index in [-0.39, 0.29) is 10.8 Å². The van der Waals surface area contributed by atoms with Crippen molar-refractivity contribution in [1.82, 2.24) is 9.88 Å². The van der Waals surface area contributed by atoms with E-state index < -0.39 is 0 Å². The van der Waals surface area contributed by atoms with E-state index >= 15 is 0 Å². The molecular formula is C20H27N3O. The zero-order chi connectivity index (χ0) is 16.9. The summed E-state index contributed by atoms with van der Waals surface area (Å²) in [6.07, 6.45) is 6.89. The Bertz CT molecular complexity index is 661. The number of rotatable bonds is 2. The normalized spacial score (nSPS) is 31.6. The minimum atomic E-state index is -0.273. The number of anilines is 1. The van der Waals surface area contributed by atoms with Crippen LogP contribution in [0.25, 0.3) is 0 Å². The van der Waals surface area contributed by atoms with Crippen molar-refractivity contribution in [2.45, 2.75) is 33.1 Å². The monoisotopic (exact) mass is 325 g/mol. The van der Waals surface area contributed by atoms with Crippen molar-refractivity contribution < 1.29 is 4.79 Å². The summed E-state index contributed by atoms with van der Waals surface area (Å²) < 4.78 is 0. The number of aromatic nitrogens is 1. The van der Waals surface area contributed by atoms with E-state index in [1.165, 1.54) is 12.0 Å². The largest absolute Gasteiger partial charge is 0.367 e. The lowest BCUT2D eigenvalue weighted by Crippen LogP contribution is -2.53. The van der Waals surface area contributed by atoms with Gasteiger partial charge in [0.2, 0.25) is 5.91 Å². The molecule has 1 aromatic heterocycles. The second-order valence-electron chi connectivity index (χ2n) is 8.21. The highest BCUT2D eigenvalue weighted by atomic mass is 16.2. The number of piperazine rings is 1. The third-order valence-electron chi connectivity index (χ3n) is 6.88. The fourth-order valence-electron chi connectivity index (χ4n) is 5.13. The van der Waals surface area contributed by atoms with Gasteiger partial charge in [-0.15, -0.1) is 0 Å². The molecule has 4 nitrogen and oxygen atoms in total. The highest BCUT2D eigenvalue weighted by Crippen LogP contribution is 2.65. The Hall–Kier alpha value is -1.84. The van der Waals surface area contributed by atoms with Crippen LogP contribution < -0.4 is 4.90 Å². The fraction of sp³-hybridized carbons (Fsp3) is 0.600. The van der Waals surface area contributed by atoms with Gasteiger partial charge in [0, 0.05) is 32.4 Å². The van der Waals surface area contributed by atoms with Crippen LogP contribution in [0.15, 0.2) is 36.7 Å². The molecule has 2 atom stereocenters. The van der Waals surface area contributed by atoms with E-state index in [0.29, 0.717) is 11.8 Å². The van der Waals surface area contributed by atoms with E-state index in [9.17, 15) is 4.79 Å².